The number of hydrogen-bond donors (Lipinski definition) is 3. The molecule has 1 amide bonds. The average Bonchev–Trinajstić information content (AvgIpc) is 3.22. The van der Waals surface area contributed by atoms with Gasteiger partial charge < -0.3 is 20.7 Å². The second-order valence-corrected chi connectivity index (χ2v) is 7.43. The van der Waals surface area contributed by atoms with Crippen molar-refractivity contribution in [1.82, 2.24) is 16.0 Å². The first-order valence-electron chi connectivity index (χ1n) is 8.35. The van der Waals surface area contributed by atoms with Crippen molar-refractivity contribution in [1.29, 1.82) is 0 Å². The molecule has 5 nitrogen and oxygen atoms in total. The van der Waals surface area contributed by atoms with E-state index in [2.05, 4.69) is 16.0 Å². The Hall–Kier alpha value is -0.810. The summed E-state index contributed by atoms with van der Waals surface area (Å²) < 4.78 is 5.30. The predicted octanol–water partition coefficient (Wildman–Crippen LogP) is 1.88. The van der Waals surface area contributed by atoms with Gasteiger partial charge in [-0.25, -0.2) is 4.79 Å². The average molecular weight is 297 g/mol. The standard InChI is InChI=1S/C16H31N3O2/c1-16(2,3)21-15(20)19-11-14(13-4-5-13)18-10-12-6-8-17-9-7-12/h12-14,17-18H,4-11H2,1-3H3,(H,19,20). The molecule has 1 heterocycles. The Morgan fingerprint density at radius 2 is 1.90 bits per heavy atom. The maximum absolute atomic E-state index is 11.7. The van der Waals surface area contributed by atoms with Crippen molar-refractivity contribution in [2.45, 2.75) is 58.1 Å². The highest BCUT2D eigenvalue weighted by Gasteiger charge is 2.32. The summed E-state index contributed by atoms with van der Waals surface area (Å²) >= 11 is 0. The minimum absolute atomic E-state index is 0.309. The van der Waals surface area contributed by atoms with Gasteiger partial charge in [-0.3, -0.25) is 0 Å². The van der Waals surface area contributed by atoms with Gasteiger partial charge in [0.1, 0.15) is 5.60 Å². The maximum Gasteiger partial charge on any atom is 0.407 e. The van der Waals surface area contributed by atoms with Crippen LogP contribution >= 0.6 is 0 Å². The van der Waals surface area contributed by atoms with Gasteiger partial charge in [0.2, 0.25) is 0 Å². The van der Waals surface area contributed by atoms with Gasteiger partial charge in [-0.2, -0.15) is 0 Å². The van der Waals surface area contributed by atoms with Crippen molar-refractivity contribution in [3.63, 3.8) is 0 Å². The van der Waals surface area contributed by atoms with Gasteiger partial charge in [-0.15, -0.1) is 0 Å². The summed E-state index contributed by atoms with van der Waals surface area (Å²) in [5.74, 6) is 1.50. The molecule has 122 valence electrons. The van der Waals surface area contributed by atoms with Gasteiger partial charge in [0.15, 0.2) is 0 Å². The van der Waals surface area contributed by atoms with Crippen LogP contribution < -0.4 is 16.0 Å². The SMILES string of the molecule is CC(C)(C)OC(=O)NCC(NCC1CCNCC1)C1CC1. The number of carbonyl (C=O) groups is 1. The quantitative estimate of drug-likeness (QED) is 0.700. The molecular weight excluding hydrogens is 266 g/mol. The highest BCUT2D eigenvalue weighted by molar-refractivity contribution is 5.67. The van der Waals surface area contributed by atoms with Gasteiger partial charge in [-0.1, -0.05) is 0 Å². The lowest BCUT2D eigenvalue weighted by Gasteiger charge is -2.27. The van der Waals surface area contributed by atoms with Gasteiger partial charge in [0.05, 0.1) is 0 Å². The highest BCUT2D eigenvalue weighted by Crippen LogP contribution is 2.32. The molecule has 1 unspecified atom stereocenters. The minimum atomic E-state index is -0.429. The fraction of sp³-hybridized carbons (Fsp3) is 0.938. The monoisotopic (exact) mass is 297 g/mol. The number of nitrogens with one attached hydrogen (secondary N) is 3. The Morgan fingerprint density at radius 3 is 2.48 bits per heavy atom. The van der Waals surface area contributed by atoms with Gasteiger partial charge in [-0.05, 0) is 77.9 Å². The van der Waals surface area contributed by atoms with Crippen molar-refractivity contribution in [2.24, 2.45) is 11.8 Å². The van der Waals surface area contributed by atoms with E-state index in [-0.39, 0.29) is 6.09 Å². The summed E-state index contributed by atoms with van der Waals surface area (Å²) in [5, 5.41) is 9.98. The lowest BCUT2D eigenvalue weighted by atomic mass is 9.97. The number of carbonyl (C=O) groups excluding carboxylic acids is 1. The molecule has 0 aromatic carbocycles. The van der Waals surface area contributed by atoms with Gasteiger partial charge in [0, 0.05) is 12.6 Å². The zero-order valence-electron chi connectivity index (χ0n) is 13.7. The first kappa shape index (κ1) is 16.6. The molecule has 0 aromatic heterocycles. The van der Waals surface area contributed by atoms with E-state index in [9.17, 15) is 4.79 Å². The van der Waals surface area contributed by atoms with Crippen LogP contribution in [-0.2, 0) is 4.74 Å². The Labute approximate surface area is 128 Å². The molecule has 1 saturated carbocycles. The lowest BCUT2D eigenvalue weighted by Crippen LogP contribution is -2.46. The summed E-state index contributed by atoms with van der Waals surface area (Å²) in [6, 6.07) is 0.396. The third-order valence-electron chi connectivity index (χ3n) is 4.18. The largest absolute Gasteiger partial charge is 0.444 e. The third kappa shape index (κ3) is 6.66. The molecule has 2 aliphatic rings. The zero-order chi connectivity index (χ0) is 15.3. The van der Waals surface area contributed by atoms with Crippen LogP contribution in [0, 0.1) is 11.8 Å². The second kappa shape index (κ2) is 7.45. The van der Waals surface area contributed by atoms with Crippen LogP contribution in [0.4, 0.5) is 4.79 Å². The molecule has 21 heavy (non-hydrogen) atoms. The first-order valence-corrected chi connectivity index (χ1v) is 8.35. The second-order valence-electron chi connectivity index (χ2n) is 7.43. The smallest absolute Gasteiger partial charge is 0.407 e. The van der Waals surface area contributed by atoms with Crippen LogP contribution in [0.5, 0.6) is 0 Å². The summed E-state index contributed by atoms with van der Waals surface area (Å²) in [5.41, 5.74) is -0.429. The van der Waals surface area contributed by atoms with Gasteiger partial charge >= 0.3 is 6.09 Å². The number of rotatable bonds is 6. The maximum atomic E-state index is 11.7. The molecule has 1 aliphatic heterocycles. The Kier molecular flexibility index (Phi) is 5.88. The van der Waals surface area contributed by atoms with E-state index in [1.54, 1.807) is 0 Å². The summed E-state index contributed by atoms with van der Waals surface area (Å²) in [7, 11) is 0. The van der Waals surface area contributed by atoms with E-state index >= 15 is 0 Å². The van der Waals surface area contributed by atoms with E-state index in [1.807, 2.05) is 20.8 Å². The molecule has 2 fully saturated rings. The van der Waals surface area contributed by atoms with Crippen LogP contribution in [0.3, 0.4) is 0 Å². The molecule has 1 aliphatic carbocycles. The highest BCUT2D eigenvalue weighted by atomic mass is 16.6. The number of hydrogen-bond acceptors (Lipinski definition) is 4. The topological polar surface area (TPSA) is 62.4 Å². The van der Waals surface area contributed by atoms with Crippen molar-refractivity contribution >= 4 is 6.09 Å². The number of alkyl carbamates (subject to hydrolysis) is 1. The van der Waals surface area contributed by atoms with Crippen LogP contribution in [0.1, 0.15) is 46.5 Å². The molecule has 1 saturated heterocycles. The molecule has 0 aromatic rings. The van der Waals surface area contributed by atoms with Crippen molar-refractivity contribution in [3.05, 3.63) is 0 Å². The van der Waals surface area contributed by atoms with E-state index in [4.69, 9.17) is 4.74 Å². The molecule has 5 heteroatoms. The summed E-state index contributed by atoms with van der Waals surface area (Å²) in [6.07, 6.45) is 4.75. The van der Waals surface area contributed by atoms with Crippen LogP contribution in [0.25, 0.3) is 0 Å². The van der Waals surface area contributed by atoms with Crippen LogP contribution in [0.2, 0.25) is 0 Å². The molecular formula is C16H31N3O2. The fourth-order valence-corrected chi connectivity index (χ4v) is 2.82. The predicted molar refractivity (Wildman–Crippen MR) is 84.3 cm³/mol. The fourth-order valence-electron chi connectivity index (χ4n) is 2.82. The van der Waals surface area contributed by atoms with E-state index in [0.29, 0.717) is 12.6 Å². The Morgan fingerprint density at radius 1 is 1.24 bits per heavy atom. The minimum Gasteiger partial charge on any atom is -0.444 e. The molecule has 1 atom stereocenters. The number of amides is 1. The lowest BCUT2D eigenvalue weighted by molar-refractivity contribution is 0.0520. The van der Waals surface area contributed by atoms with E-state index in [1.165, 1.54) is 25.7 Å². The molecule has 0 bridgehead atoms. The van der Waals surface area contributed by atoms with Crippen molar-refractivity contribution in [2.75, 3.05) is 26.2 Å². The first-order chi connectivity index (χ1) is 9.94. The van der Waals surface area contributed by atoms with Gasteiger partial charge in [0.25, 0.3) is 0 Å². The molecule has 0 radical (unpaired) electrons. The third-order valence-corrected chi connectivity index (χ3v) is 4.18. The Balaban J connectivity index is 1.68. The number of ether oxygens (including phenoxy) is 1. The van der Waals surface area contributed by atoms with Crippen molar-refractivity contribution < 1.29 is 9.53 Å². The molecule has 0 spiro atoms. The summed E-state index contributed by atoms with van der Waals surface area (Å²) in [6.45, 7) is 9.68. The van der Waals surface area contributed by atoms with E-state index in [0.717, 1.165) is 31.5 Å². The zero-order valence-corrected chi connectivity index (χ0v) is 13.7. The Bertz CT molecular complexity index is 331. The number of piperidine rings is 1. The van der Waals surface area contributed by atoms with Crippen LogP contribution in [-0.4, -0.2) is 43.9 Å². The van der Waals surface area contributed by atoms with Crippen LogP contribution in [0.15, 0.2) is 0 Å². The molecule has 3 N–H and O–H groups in total. The normalized spacial score (nSPS) is 21.9. The molecule has 2 rings (SSSR count). The summed E-state index contributed by atoms with van der Waals surface area (Å²) in [4.78, 5) is 11.7. The van der Waals surface area contributed by atoms with E-state index < -0.39 is 5.60 Å². The van der Waals surface area contributed by atoms with Crippen molar-refractivity contribution in [3.8, 4) is 0 Å².